The number of amides is 1. The van der Waals surface area contributed by atoms with Crippen molar-refractivity contribution in [2.45, 2.75) is 25.5 Å². The van der Waals surface area contributed by atoms with E-state index in [1.54, 1.807) is 19.2 Å². The number of hydrogen-bond donors (Lipinski definition) is 1. The fourth-order valence-corrected chi connectivity index (χ4v) is 2.01. The molecule has 1 aliphatic rings. The minimum Gasteiger partial charge on any atom is -0.508 e. The SMILES string of the molecule is CC1CC(c2ccccc2O)N(C)C(=O)O1. The van der Waals surface area contributed by atoms with Gasteiger partial charge < -0.3 is 14.7 Å². The van der Waals surface area contributed by atoms with Crippen LogP contribution in [0.25, 0.3) is 0 Å². The largest absolute Gasteiger partial charge is 0.508 e. The van der Waals surface area contributed by atoms with Crippen LogP contribution in [0.4, 0.5) is 4.79 Å². The zero-order valence-corrected chi connectivity index (χ0v) is 9.38. The van der Waals surface area contributed by atoms with E-state index in [0.717, 1.165) is 5.56 Å². The number of rotatable bonds is 1. The molecule has 1 N–H and O–H groups in total. The van der Waals surface area contributed by atoms with Crippen molar-refractivity contribution in [3.63, 3.8) is 0 Å². The summed E-state index contributed by atoms with van der Waals surface area (Å²) in [4.78, 5) is 13.0. The Labute approximate surface area is 94.4 Å². The minimum absolute atomic E-state index is 0.113. The molecule has 16 heavy (non-hydrogen) atoms. The van der Waals surface area contributed by atoms with Gasteiger partial charge in [0.1, 0.15) is 11.9 Å². The van der Waals surface area contributed by atoms with Gasteiger partial charge in [0.25, 0.3) is 0 Å². The molecule has 0 aliphatic carbocycles. The maximum absolute atomic E-state index is 11.5. The normalized spacial score (nSPS) is 25.4. The van der Waals surface area contributed by atoms with Crippen LogP contribution in [-0.4, -0.2) is 29.3 Å². The minimum atomic E-state index is -0.341. The van der Waals surface area contributed by atoms with Gasteiger partial charge in [0.05, 0.1) is 6.04 Å². The highest BCUT2D eigenvalue weighted by Gasteiger charge is 2.32. The van der Waals surface area contributed by atoms with Crippen molar-refractivity contribution in [1.29, 1.82) is 0 Å². The Kier molecular flexibility index (Phi) is 2.73. The van der Waals surface area contributed by atoms with E-state index >= 15 is 0 Å². The first kappa shape index (κ1) is 10.8. The maximum Gasteiger partial charge on any atom is 0.410 e. The van der Waals surface area contributed by atoms with E-state index in [0.29, 0.717) is 6.42 Å². The van der Waals surface area contributed by atoms with Crippen LogP contribution in [0.1, 0.15) is 24.9 Å². The molecule has 0 saturated carbocycles. The van der Waals surface area contributed by atoms with E-state index in [1.807, 2.05) is 19.1 Å². The van der Waals surface area contributed by atoms with Gasteiger partial charge in [-0.3, -0.25) is 0 Å². The zero-order chi connectivity index (χ0) is 11.7. The zero-order valence-electron chi connectivity index (χ0n) is 9.38. The smallest absolute Gasteiger partial charge is 0.410 e. The van der Waals surface area contributed by atoms with Crippen molar-refractivity contribution < 1.29 is 14.6 Å². The average Bonchev–Trinajstić information content (AvgIpc) is 2.24. The standard InChI is InChI=1S/C12H15NO3/c1-8-7-10(13(2)12(15)16-8)9-5-3-4-6-11(9)14/h3-6,8,10,14H,7H2,1-2H3. The highest BCUT2D eigenvalue weighted by Crippen LogP contribution is 2.34. The van der Waals surface area contributed by atoms with E-state index in [4.69, 9.17) is 4.74 Å². The second-order valence-electron chi connectivity index (χ2n) is 4.12. The molecule has 0 spiro atoms. The van der Waals surface area contributed by atoms with Crippen molar-refractivity contribution >= 4 is 6.09 Å². The summed E-state index contributed by atoms with van der Waals surface area (Å²) in [6.45, 7) is 1.86. The summed E-state index contributed by atoms with van der Waals surface area (Å²) >= 11 is 0. The second kappa shape index (κ2) is 4.04. The van der Waals surface area contributed by atoms with E-state index in [2.05, 4.69) is 0 Å². The molecular formula is C12H15NO3. The summed E-state index contributed by atoms with van der Waals surface area (Å²) in [6, 6.07) is 6.98. The summed E-state index contributed by atoms with van der Waals surface area (Å²) in [5.41, 5.74) is 0.772. The Bertz CT molecular complexity index is 405. The topological polar surface area (TPSA) is 49.8 Å². The highest BCUT2D eigenvalue weighted by atomic mass is 16.6. The van der Waals surface area contributed by atoms with Crippen LogP contribution in [-0.2, 0) is 4.74 Å². The molecule has 2 atom stereocenters. The third kappa shape index (κ3) is 1.83. The monoisotopic (exact) mass is 221 g/mol. The third-order valence-corrected chi connectivity index (χ3v) is 2.91. The fourth-order valence-electron chi connectivity index (χ4n) is 2.01. The molecular weight excluding hydrogens is 206 g/mol. The Balaban J connectivity index is 2.32. The first-order valence-electron chi connectivity index (χ1n) is 5.31. The summed E-state index contributed by atoms with van der Waals surface area (Å²) in [7, 11) is 1.69. The van der Waals surface area contributed by atoms with Crippen LogP contribution >= 0.6 is 0 Å². The van der Waals surface area contributed by atoms with Crippen molar-refractivity contribution in [1.82, 2.24) is 4.90 Å². The fraction of sp³-hybridized carbons (Fsp3) is 0.417. The molecule has 1 saturated heterocycles. The number of para-hydroxylation sites is 1. The molecule has 0 radical (unpaired) electrons. The van der Waals surface area contributed by atoms with Gasteiger partial charge in [-0.05, 0) is 13.0 Å². The number of carbonyl (C=O) groups is 1. The summed E-state index contributed by atoms with van der Waals surface area (Å²) in [6.07, 6.45) is 0.236. The summed E-state index contributed by atoms with van der Waals surface area (Å²) in [5.74, 6) is 0.223. The van der Waals surface area contributed by atoms with Gasteiger partial charge in [0, 0.05) is 19.0 Å². The van der Waals surface area contributed by atoms with Gasteiger partial charge in [0.2, 0.25) is 0 Å². The summed E-state index contributed by atoms with van der Waals surface area (Å²) in [5, 5.41) is 9.77. The molecule has 1 aromatic carbocycles. The molecule has 0 bridgehead atoms. The lowest BCUT2D eigenvalue weighted by Crippen LogP contribution is -2.40. The number of benzene rings is 1. The van der Waals surface area contributed by atoms with Gasteiger partial charge >= 0.3 is 6.09 Å². The van der Waals surface area contributed by atoms with Crippen LogP contribution in [0.5, 0.6) is 5.75 Å². The van der Waals surface area contributed by atoms with Gasteiger partial charge in [0.15, 0.2) is 0 Å². The lowest BCUT2D eigenvalue weighted by atomic mass is 9.98. The van der Waals surface area contributed by atoms with Crippen LogP contribution in [0.3, 0.4) is 0 Å². The Morgan fingerprint density at radius 1 is 1.44 bits per heavy atom. The predicted molar refractivity (Wildman–Crippen MR) is 59.2 cm³/mol. The molecule has 1 aliphatic heterocycles. The molecule has 1 aromatic rings. The third-order valence-electron chi connectivity index (χ3n) is 2.91. The van der Waals surface area contributed by atoms with Crippen LogP contribution < -0.4 is 0 Å². The predicted octanol–water partition coefficient (Wildman–Crippen LogP) is 2.29. The van der Waals surface area contributed by atoms with Gasteiger partial charge in [-0.15, -0.1) is 0 Å². The number of ether oxygens (including phenoxy) is 1. The number of phenolic OH excluding ortho intramolecular Hbond substituents is 1. The molecule has 1 heterocycles. The van der Waals surface area contributed by atoms with E-state index in [1.165, 1.54) is 4.90 Å². The average molecular weight is 221 g/mol. The molecule has 4 heteroatoms. The Morgan fingerprint density at radius 2 is 2.12 bits per heavy atom. The highest BCUT2D eigenvalue weighted by molar-refractivity contribution is 5.69. The number of hydrogen-bond acceptors (Lipinski definition) is 3. The van der Waals surface area contributed by atoms with Crippen molar-refractivity contribution in [3.8, 4) is 5.75 Å². The Hall–Kier alpha value is -1.71. The van der Waals surface area contributed by atoms with Crippen LogP contribution in [0.2, 0.25) is 0 Å². The van der Waals surface area contributed by atoms with Gasteiger partial charge in [-0.2, -0.15) is 0 Å². The van der Waals surface area contributed by atoms with Crippen LogP contribution in [0.15, 0.2) is 24.3 Å². The lowest BCUT2D eigenvalue weighted by molar-refractivity contribution is 0.0150. The maximum atomic E-state index is 11.5. The molecule has 2 rings (SSSR count). The first-order chi connectivity index (χ1) is 7.59. The number of carbonyl (C=O) groups excluding carboxylic acids is 1. The molecule has 1 fully saturated rings. The van der Waals surface area contributed by atoms with Gasteiger partial charge in [-0.25, -0.2) is 4.79 Å². The Morgan fingerprint density at radius 3 is 2.81 bits per heavy atom. The lowest BCUT2D eigenvalue weighted by Gasteiger charge is -2.35. The van der Waals surface area contributed by atoms with E-state index in [-0.39, 0.29) is 24.0 Å². The second-order valence-corrected chi connectivity index (χ2v) is 4.12. The van der Waals surface area contributed by atoms with Gasteiger partial charge in [-0.1, -0.05) is 18.2 Å². The first-order valence-corrected chi connectivity index (χ1v) is 5.31. The van der Waals surface area contributed by atoms with Crippen LogP contribution in [0, 0.1) is 0 Å². The molecule has 1 amide bonds. The molecule has 2 unspecified atom stereocenters. The molecule has 86 valence electrons. The van der Waals surface area contributed by atoms with E-state index < -0.39 is 0 Å². The quantitative estimate of drug-likeness (QED) is 0.791. The molecule has 4 nitrogen and oxygen atoms in total. The molecule has 0 aromatic heterocycles. The summed E-state index contributed by atoms with van der Waals surface area (Å²) < 4.78 is 5.10. The number of aromatic hydroxyl groups is 1. The number of phenols is 1. The van der Waals surface area contributed by atoms with Crippen molar-refractivity contribution in [2.75, 3.05) is 7.05 Å². The number of cyclic esters (lactones) is 1. The van der Waals surface area contributed by atoms with Crippen molar-refractivity contribution in [3.05, 3.63) is 29.8 Å². The van der Waals surface area contributed by atoms with E-state index in [9.17, 15) is 9.90 Å². The van der Waals surface area contributed by atoms with Crippen molar-refractivity contribution in [2.24, 2.45) is 0 Å². The number of nitrogens with zero attached hydrogens (tertiary/aromatic N) is 1.